The van der Waals surface area contributed by atoms with Crippen molar-refractivity contribution >= 4 is 17.3 Å². The number of nitro groups is 1. The number of rotatable bonds is 4. The second-order valence-electron chi connectivity index (χ2n) is 6.64. The second kappa shape index (κ2) is 6.24. The van der Waals surface area contributed by atoms with Crippen LogP contribution >= 0.6 is 11.6 Å². The number of nitrogens with zero attached hydrogens (tertiary/aromatic N) is 3. The number of non-ortho nitro benzene ring substituents is 1. The van der Waals surface area contributed by atoms with Crippen molar-refractivity contribution in [1.82, 2.24) is 14.9 Å². The fourth-order valence-electron chi connectivity index (χ4n) is 3.22. The normalized spacial score (nSPS) is 17.3. The average molecular weight is 361 g/mol. The molecule has 7 nitrogen and oxygen atoms in total. The number of nitrogens with one attached hydrogen (secondary N) is 1. The Balaban J connectivity index is 1.56. The molecule has 1 aromatic heterocycles. The Labute approximate surface area is 148 Å². The van der Waals surface area contributed by atoms with Crippen LogP contribution in [0.4, 0.5) is 5.69 Å². The first kappa shape index (κ1) is 16.2. The van der Waals surface area contributed by atoms with E-state index < -0.39 is 4.92 Å². The number of hydrogen-bond acceptors (Lipinski definition) is 5. The van der Waals surface area contributed by atoms with E-state index in [-0.39, 0.29) is 11.2 Å². The molecular weight excluding hydrogens is 344 g/mol. The highest BCUT2D eigenvalue weighted by atomic mass is 35.5. The largest absolute Gasteiger partial charge is 0.310 e. The molecule has 0 spiro atoms. The first-order valence-electron chi connectivity index (χ1n) is 8.28. The highest BCUT2D eigenvalue weighted by molar-refractivity contribution is 6.31. The van der Waals surface area contributed by atoms with Crippen LogP contribution in [0.1, 0.15) is 41.4 Å². The predicted octanol–water partition coefficient (Wildman–Crippen LogP) is 2.77. The fraction of sp³-hybridized carbons (Fsp3) is 0.412. The van der Waals surface area contributed by atoms with Gasteiger partial charge in [0.05, 0.1) is 16.2 Å². The summed E-state index contributed by atoms with van der Waals surface area (Å²) < 4.78 is 0. The molecule has 8 heteroatoms. The Morgan fingerprint density at radius 1 is 1.40 bits per heavy atom. The molecule has 1 aromatic carbocycles. The Morgan fingerprint density at radius 3 is 2.92 bits per heavy atom. The number of aromatic amines is 1. The van der Waals surface area contributed by atoms with Crippen molar-refractivity contribution in [3.05, 3.63) is 66.3 Å². The topological polar surface area (TPSA) is 92.1 Å². The number of H-pyrrole nitrogens is 1. The van der Waals surface area contributed by atoms with E-state index in [0.29, 0.717) is 41.6 Å². The number of fused-ring (bicyclic) bond motifs is 1. The van der Waals surface area contributed by atoms with E-state index >= 15 is 0 Å². The Kier molecular flexibility index (Phi) is 4.05. The molecule has 130 valence electrons. The summed E-state index contributed by atoms with van der Waals surface area (Å²) in [5, 5.41) is 11.4. The summed E-state index contributed by atoms with van der Waals surface area (Å²) in [4.78, 5) is 32.5. The van der Waals surface area contributed by atoms with Gasteiger partial charge in [0.25, 0.3) is 11.2 Å². The van der Waals surface area contributed by atoms with E-state index in [0.717, 1.165) is 30.9 Å². The number of nitro benzene ring substituents is 1. The van der Waals surface area contributed by atoms with Crippen molar-refractivity contribution in [2.24, 2.45) is 0 Å². The van der Waals surface area contributed by atoms with E-state index in [2.05, 4.69) is 14.9 Å². The van der Waals surface area contributed by atoms with Crippen LogP contribution in [-0.4, -0.2) is 26.3 Å². The standard InChI is InChI=1S/C17H17ClN4O3/c18-14-4-3-12(22(24)25)7-11(14)8-21-6-5-15-13(9-21)17(23)20-16(19-15)10-1-2-10/h3-4,7,10H,1-2,5-6,8-9H2,(H,19,20,23). The van der Waals surface area contributed by atoms with Crippen molar-refractivity contribution in [1.29, 1.82) is 0 Å². The molecular formula is C17H17ClN4O3. The first-order valence-corrected chi connectivity index (χ1v) is 8.66. The predicted molar refractivity (Wildman–Crippen MR) is 92.8 cm³/mol. The van der Waals surface area contributed by atoms with Crippen molar-refractivity contribution in [3.63, 3.8) is 0 Å². The van der Waals surface area contributed by atoms with Crippen molar-refractivity contribution in [2.45, 2.75) is 38.3 Å². The van der Waals surface area contributed by atoms with Crippen LogP contribution < -0.4 is 5.56 Å². The van der Waals surface area contributed by atoms with Crippen LogP contribution in [0.5, 0.6) is 0 Å². The average Bonchev–Trinajstić information content (AvgIpc) is 3.42. The summed E-state index contributed by atoms with van der Waals surface area (Å²) in [5.41, 5.74) is 2.22. The third-order valence-corrected chi connectivity index (χ3v) is 5.13. The fourth-order valence-corrected chi connectivity index (χ4v) is 3.40. The van der Waals surface area contributed by atoms with E-state index in [1.165, 1.54) is 12.1 Å². The highest BCUT2D eigenvalue weighted by Crippen LogP contribution is 2.37. The minimum atomic E-state index is -0.431. The molecule has 2 aromatic rings. The van der Waals surface area contributed by atoms with Gasteiger partial charge in [0, 0.05) is 49.1 Å². The van der Waals surface area contributed by atoms with Crippen molar-refractivity contribution in [3.8, 4) is 0 Å². The molecule has 0 saturated heterocycles. The van der Waals surface area contributed by atoms with E-state index in [9.17, 15) is 14.9 Å². The summed E-state index contributed by atoms with van der Waals surface area (Å²) >= 11 is 6.18. The molecule has 2 heterocycles. The lowest BCUT2D eigenvalue weighted by Gasteiger charge is -2.28. The molecule has 1 saturated carbocycles. The molecule has 0 radical (unpaired) electrons. The molecule has 4 rings (SSSR count). The summed E-state index contributed by atoms with van der Waals surface area (Å²) in [6, 6.07) is 4.44. The van der Waals surface area contributed by atoms with E-state index in [4.69, 9.17) is 11.6 Å². The molecule has 1 N–H and O–H groups in total. The van der Waals surface area contributed by atoms with Gasteiger partial charge in [-0.25, -0.2) is 4.98 Å². The molecule has 25 heavy (non-hydrogen) atoms. The summed E-state index contributed by atoms with van der Waals surface area (Å²) in [7, 11) is 0. The van der Waals surface area contributed by atoms with Gasteiger partial charge in [-0.05, 0) is 24.5 Å². The van der Waals surface area contributed by atoms with E-state index in [1.807, 2.05) is 0 Å². The van der Waals surface area contributed by atoms with Crippen LogP contribution in [-0.2, 0) is 19.5 Å². The molecule has 0 amide bonds. The Hall–Kier alpha value is -2.25. The lowest BCUT2D eigenvalue weighted by atomic mass is 10.1. The quantitative estimate of drug-likeness (QED) is 0.668. The van der Waals surface area contributed by atoms with Crippen LogP contribution in [0.25, 0.3) is 0 Å². The van der Waals surface area contributed by atoms with Gasteiger partial charge in [0.2, 0.25) is 0 Å². The molecule has 0 unspecified atom stereocenters. The summed E-state index contributed by atoms with van der Waals surface area (Å²) in [6.45, 7) is 1.68. The first-order chi connectivity index (χ1) is 12.0. The van der Waals surface area contributed by atoms with Gasteiger partial charge in [-0.15, -0.1) is 0 Å². The second-order valence-corrected chi connectivity index (χ2v) is 7.05. The zero-order chi connectivity index (χ0) is 17.6. The Bertz CT molecular complexity index is 907. The number of benzene rings is 1. The van der Waals surface area contributed by atoms with E-state index in [1.54, 1.807) is 6.07 Å². The monoisotopic (exact) mass is 360 g/mol. The maximum Gasteiger partial charge on any atom is 0.269 e. The van der Waals surface area contributed by atoms with Crippen molar-refractivity contribution < 1.29 is 4.92 Å². The van der Waals surface area contributed by atoms with Gasteiger partial charge in [0.15, 0.2) is 0 Å². The minimum Gasteiger partial charge on any atom is -0.310 e. The molecule has 1 aliphatic carbocycles. The van der Waals surface area contributed by atoms with Crippen LogP contribution in [0.15, 0.2) is 23.0 Å². The number of aromatic nitrogens is 2. The maximum atomic E-state index is 12.4. The van der Waals surface area contributed by atoms with Crippen LogP contribution in [0.3, 0.4) is 0 Å². The number of halogens is 1. The third kappa shape index (κ3) is 3.29. The SMILES string of the molecule is O=c1[nH]c(C2CC2)nc2c1CN(Cc1cc([N+](=O)[O-])ccc1Cl)CC2. The van der Waals surface area contributed by atoms with Crippen LogP contribution in [0, 0.1) is 10.1 Å². The Morgan fingerprint density at radius 2 is 2.20 bits per heavy atom. The summed E-state index contributed by atoms with van der Waals surface area (Å²) in [5.74, 6) is 1.23. The van der Waals surface area contributed by atoms with Gasteiger partial charge in [-0.2, -0.15) is 0 Å². The molecule has 2 aliphatic rings. The smallest absolute Gasteiger partial charge is 0.269 e. The zero-order valence-electron chi connectivity index (χ0n) is 13.5. The van der Waals surface area contributed by atoms with Crippen LogP contribution in [0.2, 0.25) is 5.02 Å². The minimum absolute atomic E-state index is 0.0189. The molecule has 0 bridgehead atoms. The van der Waals surface area contributed by atoms with Gasteiger partial charge in [-0.3, -0.25) is 19.8 Å². The van der Waals surface area contributed by atoms with Gasteiger partial charge < -0.3 is 4.98 Å². The highest BCUT2D eigenvalue weighted by Gasteiger charge is 2.29. The number of hydrogen-bond donors (Lipinski definition) is 1. The maximum absolute atomic E-state index is 12.4. The third-order valence-electron chi connectivity index (χ3n) is 4.76. The lowest BCUT2D eigenvalue weighted by molar-refractivity contribution is -0.384. The molecule has 0 atom stereocenters. The summed E-state index contributed by atoms with van der Waals surface area (Å²) in [6.07, 6.45) is 2.89. The van der Waals surface area contributed by atoms with Gasteiger partial charge >= 0.3 is 0 Å². The molecule has 1 aliphatic heterocycles. The lowest BCUT2D eigenvalue weighted by Crippen LogP contribution is -2.35. The van der Waals surface area contributed by atoms with Crippen molar-refractivity contribution in [2.75, 3.05) is 6.54 Å². The molecule has 1 fully saturated rings. The zero-order valence-corrected chi connectivity index (χ0v) is 14.3. The van der Waals surface area contributed by atoms with Gasteiger partial charge in [-0.1, -0.05) is 11.6 Å². The van der Waals surface area contributed by atoms with Gasteiger partial charge in [0.1, 0.15) is 5.82 Å².